The van der Waals surface area contributed by atoms with Gasteiger partial charge in [-0.25, -0.2) is 23.7 Å². The van der Waals surface area contributed by atoms with Crippen LogP contribution in [-0.4, -0.2) is 61.0 Å². The number of carbonyl (C=O) groups excluding carboxylic acids is 1. The van der Waals surface area contributed by atoms with E-state index in [2.05, 4.69) is 25.3 Å². The van der Waals surface area contributed by atoms with Crippen molar-refractivity contribution >= 4 is 28.7 Å². The first-order valence-electron chi connectivity index (χ1n) is 9.32. The van der Waals surface area contributed by atoms with Crippen LogP contribution in [0, 0.1) is 11.6 Å². The number of halogens is 2. The van der Waals surface area contributed by atoms with Gasteiger partial charge in [0.05, 0.1) is 12.4 Å². The Morgan fingerprint density at radius 1 is 1.30 bits per heavy atom. The smallest absolute Gasteiger partial charge is 0.312 e. The van der Waals surface area contributed by atoms with Crippen LogP contribution in [0.15, 0.2) is 24.7 Å². The highest BCUT2D eigenvalue weighted by molar-refractivity contribution is 5.93. The van der Waals surface area contributed by atoms with Gasteiger partial charge in [-0.15, -0.1) is 0 Å². The Kier molecular flexibility index (Phi) is 5.25. The maximum absolute atomic E-state index is 14.3. The largest absolute Gasteiger partial charge is 0.481 e. The molecule has 1 fully saturated rings. The summed E-state index contributed by atoms with van der Waals surface area (Å²) in [5.41, 5.74) is 0.927. The lowest BCUT2D eigenvalue weighted by Crippen LogP contribution is -2.45. The van der Waals surface area contributed by atoms with Crippen molar-refractivity contribution in [1.29, 1.82) is 0 Å². The van der Waals surface area contributed by atoms with Gasteiger partial charge in [-0.1, -0.05) is 0 Å². The summed E-state index contributed by atoms with van der Waals surface area (Å²) in [7, 11) is 0. The molecule has 0 saturated carbocycles. The number of carboxylic acids is 1. The highest BCUT2D eigenvalue weighted by Crippen LogP contribution is 2.27. The van der Waals surface area contributed by atoms with Crippen molar-refractivity contribution < 1.29 is 23.5 Å². The summed E-state index contributed by atoms with van der Waals surface area (Å²) in [6, 6.07) is 0.997. The molecule has 1 atom stereocenters. The predicted octanol–water partition coefficient (Wildman–Crippen LogP) is 2.18. The minimum Gasteiger partial charge on any atom is -0.481 e. The van der Waals surface area contributed by atoms with Crippen molar-refractivity contribution in [3.63, 3.8) is 0 Å². The van der Waals surface area contributed by atoms with E-state index in [0.717, 1.165) is 12.4 Å². The third-order valence-electron chi connectivity index (χ3n) is 4.90. The van der Waals surface area contributed by atoms with Crippen molar-refractivity contribution in [3.8, 4) is 11.4 Å². The number of amides is 1. The summed E-state index contributed by atoms with van der Waals surface area (Å²) in [5.74, 6) is -2.71. The van der Waals surface area contributed by atoms with Gasteiger partial charge >= 0.3 is 5.97 Å². The van der Waals surface area contributed by atoms with E-state index >= 15 is 0 Å². The summed E-state index contributed by atoms with van der Waals surface area (Å²) in [4.78, 5) is 39.3. The fourth-order valence-electron chi connectivity index (χ4n) is 3.52. The van der Waals surface area contributed by atoms with E-state index in [4.69, 9.17) is 5.11 Å². The summed E-state index contributed by atoms with van der Waals surface area (Å²) in [6.45, 7) is 0.697. The zero-order chi connectivity index (χ0) is 21.3. The molecule has 11 heteroatoms. The van der Waals surface area contributed by atoms with Gasteiger partial charge < -0.3 is 20.3 Å². The quantitative estimate of drug-likeness (QED) is 0.545. The maximum atomic E-state index is 14.3. The monoisotopic (exact) mass is 416 g/mol. The SMILES string of the molecule is O=C(O)CC(=O)N1CCC[C@H](Nc2nc(-c3c[nH]c4ncc(F)cc34)ncc2F)C1. The molecule has 0 bridgehead atoms. The first kappa shape index (κ1) is 19.7. The molecular formula is C19H18F2N6O3. The number of aliphatic carboxylic acids is 1. The summed E-state index contributed by atoms with van der Waals surface area (Å²) in [5, 5.41) is 12.3. The summed E-state index contributed by atoms with van der Waals surface area (Å²) in [6.07, 6.45) is 4.41. The van der Waals surface area contributed by atoms with Crippen LogP contribution < -0.4 is 5.32 Å². The van der Waals surface area contributed by atoms with Crippen LogP contribution in [0.2, 0.25) is 0 Å². The van der Waals surface area contributed by atoms with Crippen molar-refractivity contribution in [1.82, 2.24) is 24.8 Å². The Hall–Kier alpha value is -3.63. The second-order valence-electron chi connectivity index (χ2n) is 7.04. The second-order valence-corrected chi connectivity index (χ2v) is 7.04. The zero-order valence-electron chi connectivity index (χ0n) is 15.7. The van der Waals surface area contributed by atoms with Gasteiger partial charge in [0.25, 0.3) is 0 Å². The molecule has 0 spiro atoms. The van der Waals surface area contributed by atoms with Gasteiger partial charge in [-0.3, -0.25) is 9.59 Å². The molecule has 1 aliphatic rings. The summed E-state index contributed by atoms with van der Waals surface area (Å²) >= 11 is 0. The minimum absolute atomic E-state index is 0.0451. The number of likely N-dealkylation sites (tertiary alicyclic amines) is 1. The molecule has 1 amide bonds. The molecular weight excluding hydrogens is 398 g/mol. The highest BCUT2D eigenvalue weighted by Gasteiger charge is 2.26. The van der Waals surface area contributed by atoms with Gasteiger partial charge in [-0.2, -0.15) is 0 Å². The van der Waals surface area contributed by atoms with Crippen molar-refractivity contribution in [2.75, 3.05) is 18.4 Å². The number of fused-ring (bicyclic) bond motifs is 1. The van der Waals surface area contributed by atoms with Crippen LogP contribution in [0.3, 0.4) is 0 Å². The first-order valence-corrected chi connectivity index (χ1v) is 9.32. The molecule has 3 aromatic rings. The van der Waals surface area contributed by atoms with E-state index in [1.54, 1.807) is 6.20 Å². The van der Waals surface area contributed by atoms with Crippen LogP contribution in [0.25, 0.3) is 22.4 Å². The summed E-state index contributed by atoms with van der Waals surface area (Å²) < 4.78 is 27.9. The molecule has 9 nitrogen and oxygen atoms in total. The van der Waals surface area contributed by atoms with Gasteiger partial charge in [-0.05, 0) is 18.9 Å². The van der Waals surface area contributed by atoms with E-state index < -0.39 is 29.9 Å². The standard InChI is InChI=1S/C19H18F2N6O3/c20-10-4-12-13(7-23-17(12)22-6-10)18-24-8-14(21)19(26-18)25-11-2-1-3-27(9-11)15(28)5-16(29)30/h4,6-8,11H,1-3,5,9H2,(H,22,23)(H,29,30)(H,24,25,26)/t11-/m0/s1. The Morgan fingerprint density at radius 2 is 2.13 bits per heavy atom. The van der Waals surface area contributed by atoms with Crippen LogP contribution in [-0.2, 0) is 9.59 Å². The molecule has 0 aromatic carbocycles. The number of aromatic amines is 1. The van der Waals surface area contributed by atoms with Gasteiger partial charge in [0, 0.05) is 36.3 Å². The zero-order valence-corrected chi connectivity index (χ0v) is 15.7. The topological polar surface area (TPSA) is 124 Å². The molecule has 4 rings (SSSR count). The third kappa shape index (κ3) is 4.04. The highest BCUT2D eigenvalue weighted by atomic mass is 19.1. The molecule has 4 heterocycles. The van der Waals surface area contributed by atoms with E-state index in [1.165, 1.54) is 11.0 Å². The van der Waals surface area contributed by atoms with Crippen molar-refractivity contribution in [3.05, 3.63) is 36.3 Å². The van der Waals surface area contributed by atoms with Crippen LogP contribution in [0.4, 0.5) is 14.6 Å². The Bertz CT molecular complexity index is 1120. The molecule has 0 unspecified atom stereocenters. The number of carboxylic acid groups (broad SMARTS) is 1. The number of H-pyrrole nitrogens is 1. The number of pyridine rings is 1. The lowest BCUT2D eigenvalue weighted by atomic mass is 10.1. The van der Waals surface area contributed by atoms with Crippen LogP contribution in [0.1, 0.15) is 19.3 Å². The minimum atomic E-state index is -1.19. The van der Waals surface area contributed by atoms with E-state index in [0.29, 0.717) is 36.0 Å². The molecule has 3 N–H and O–H groups in total. The van der Waals surface area contributed by atoms with Gasteiger partial charge in [0.2, 0.25) is 5.91 Å². The van der Waals surface area contributed by atoms with E-state index in [-0.39, 0.29) is 24.2 Å². The maximum Gasteiger partial charge on any atom is 0.312 e. The fraction of sp³-hybridized carbons (Fsp3) is 0.316. The molecule has 30 heavy (non-hydrogen) atoms. The third-order valence-corrected chi connectivity index (χ3v) is 4.90. The molecule has 0 radical (unpaired) electrons. The number of anilines is 1. The normalized spacial score (nSPS) is 16.6. The lowest BCUT2D eigenvalue weighted by Gasteiger charge is -2.33. The number of piperidine rings is 1. The van der Waals surface area contributed by atoms with Gasteiger partial charge in [0.1, 0.15) is 17.9 Å². The Balaban J connectivity index is 1.56. The molecule has 0 aliphatic carbocycles. The fourth-order valence-corrected chi connectivity index (χ4v) is 3.52. The van der Waals surface area contributed by atoms with E-state index in [1.807, 2.05) is 0 Å². The Morgan fingerprint density at radius 3 is 2.93 bits per heavy atom. The average molecular weight is 416 g/mol. The number of aromatic nitrogens is 4. The second kappa shape index (κ2) is 8.01. The molecule has 1 aliphatic heterocycles. The Labute approximate surface area is 169 Å². The predicted molar refractivity (Wildman–Crippen MR) is 103 cm³/mol. The van der Waals surface area contributed by atoms with Crippen LogP contribution >= 0.6 is 0 Å². The van der Waals surface area contributed by atoms with Crippen molar-refractivity contribution in [2.24, 2.45) is 0 Å². The van der Waals surface area contributed by atoms with E-state index in [9.17, 15) is 18.4 Å². The number of nitrogens with one attached hydrogen (secondary N) is 2. The lowest BCUT2D eigenvalue weighted by molar-refractivity contribution is -0.144. The van der Waals surface area contributed by atoms with Crippen LogP contribution in [0.5, 0.6) is 0 Å². The number of nitrogens with zero attached hydrogens (tertiary/aromatic N) is 4. The number of carbonyl (C=O) groups is 2. The van der Waals surface area contributed by atoms with Crippen molar-refractivity contribution in [2.45, 2.75) is 25.3 Å². The van der Waals surface area contributed by atoms with Gasteiger partial charge in [0.15, 0.2) is 17.5 Å². The number of rotatable bonds is 5. The number of hydrogen-bond donors (Lipinski definition) is 3. The first-order chi connectivity index (χ1) is 14.4. The molecule has 156 valence electrons. The molecule has 3 aromatic heterocycles. The molecule has 1 saturated heterocycles. The average Bonchev–Trinajstić information content (AvgIpc) is 3.12. The number of hydrogen-bond acceptors (Lipinski definition) is 6.